The predicted octanol–water partition coefficient (Wildman–Crippen LogP) is 2.57. The molecule has 0 aliphatic rings. The van der Waals surface area contributed by atoms with Gasteiger partial charge in [0.1, 0.15) is 7.85 Å². The third kappa shape index (κ3) is 2.53. The number of alkyl halides is 3. The van der Waals surface area contributed by atoms with Gasteiger partial charge in [-0.05, 0) is 16.9 Å². The normalized spacial score (nSPS) is 12.9. The molecule has 0 saturated heterocycles. The molecule has 4 heteroatoms. The van der Waals surface area contributed by atoms with Gasteiger partial charge in [-0.2, -0.15) is 13.2 Å². The van der Waals surface area contributed by atoms with Gasteiger partial charge >= 0.3 is 6.18 Å². The Morgan fingerprint density at radius 1 is 1.07 bits per heavy atom. The van der Waals surface area contributed by atoms with Crippen molar-refractivity contribution < 1.29 is 13.2 Å². The molecule has 76 valence electrons. The number of rotatable bonds is 1. The summed E-state index contributed by atoms with van der Waals surface area (Å²) >= 11 is 0. The molecule has 0 nitrogen and oxygen atoms in total. The van der Waals surface area contributed by atoms with Gasteiger partial charge in [0.15, 0.2) is 0 Å². The Labute approximate surface area is 82.5 Å². The first-order valence-electron chi connectivity index (χ1n) is 4.39. The highest BCUT2D eigenvalue weighted by Crippen LogP contribution is 2.31. The molecular weight excluding hydrogens is 188 g/mol. The van der Waals surface area contributed by atoms with Crippen LogP contribution in [0.25, 0.3) is 0 Å². The van der Waals surface area contributed by atoms with Gasteiger partial charge in [0.05, 0.1) is 5.56 Å². The van der Waals surface area contributed by atoms with Crippen LogP contribution in [0.3, 0.4) is 0 Å². The number of hydrogen-bond donors (Lipinski definition) is 0. The lowest BCUT2D eigenvalue weighted by molar-refractivity contribution is -0.137. The van der Waals surface area contributed by atoms with E-state index in [1.54, 1.807) is 6.07 Å². The minimum atomic E-state index is -4.25. The van der Waals surface area contributed by atoms with Crippen molar-refractivity contribution in [2.75, 3.05) is 0 Å². The maximum atomic E-state index is 12.4. The Bertz CT molecular complexity index is 294. The van der Waals surface area contributed by atoms with Crippen molar-refractivity contribution in [3.05, 3.63) is 35.4 Å². The van der Waals surface area contributed by atoms with Crippen LogP contribution in [0.5, 0.6) is 0 Å². The van der Waals surface area contributed by atoms with E-state index in [-0.39, 0.29) is 5.31 Å². The molecule has 0 bridgehead atoms. The Morgan fingerprint density at radius 2 is 1.57 bits per heavy atom. The summed E-state index contributed by atoms with van der Waals surface area (Å²) in [7, 11) is 1.89. The lowest BCUT2D eigenvalue weighted by Gasteiger charge is -2.20. The van der Waals surface area contributed by atoms with Gasteiger partial charge in [0.2, 0.25) is 0 Å². The smallest absolute Gasteiger partial charge is 0.166 e. The average Bonchev–Trinajstić information content (AvgIpc) is 2.01. The molecule has 1 rings (SSSR count). The summed E-state index contributed by atoms with van der Waals surface area (Å²) in [5.41, 5.74) is 0.122. The number of benzene rings is 1. The second kappa shape index (κ2) is 3.33. The molecule has 0 radical (unpaired) electrons. The summed E-state index contributed by atoms with van der Waals surface area (Å²) in [4.78, 5) is 0. The highest BCUT2D eigenvalue weighted by Gasteiger charge is 2.31. The summed E-state index contributed by atoms with van der Waals surface area (Å²) < 4.78 is 37.1. The van der Waals surface area contributed by atoms with E-state index in [0.29, 0.717) is 5.56 Å². The van der Waals surface area contributed by atoms with Crippen molar-refractivity contribution in [2.24, 2.45) is 0 Å². The van der Waals surface area contributed by atoms with Gasteiger partial charge in [-0.1, -0.05) is 32.0 Å². The molecule has 0 aliphatic heterocycles. The average molecular weight is 200 g/mol. The molecule has 0 heterocycles. The van der Waals surface area contributed by atoms with Crippen molar-refractivity contribution in [2.45, 2.75) is 25.3 Å². The van der Waals surface area contributed by atoms with Crippen LogP contribution in [-0.4, -0.2) is 7.85 Å². The van der Waals surface area contributed by atoms with Gasteiger partial charge in [-0.15, -0.1) is 0 Å². The van der Waals surface area contributed by atoms with Crippen LogP contribution in [-0.2, 0) is 11.5 Å². The van der Waals surface area contributed by atoms with E-state index in [1.807, 2.05) is 21.7 Å². The van der Waals surface area contributed by atoms with Crippen molar-refractivity contribution >= 4 is 7.85 Å². The highest BCUT2D eigenvalue weighted by atomic mass is 19.4. The summed E-state index contributed by atoms with van der Waals surface area (Å²) in [5, 5.41) is -0.249. The second-order valence-electron chi connectivity index (χ2n) is 4.33. The molecule has 14 heavy (non-hydrogen) atoms. The van der Waals surface area contributed by atoms with E-state index in [9.17, 15) is 13.2 Å². The quantitative estimate of drug-likeness (QED) is 0.611. The zero-order chi connectivity index (χ0) is 11.0. The Kier molecular flexibility index (Phi) is 2.66. The first kappa shape index (κ1) is 11.2. The van der Waals surface area contributed by atoms with Crippen LogP contribution in [0.2, 0.25) is 0 Å². The van der Waals surface area contributed by atoms with Crippen molar-refractivity contribution in [1.82, 2.24) is 0 Å². The van der Waals surface area contributed by atoms with Crippen LogP contribution < -0.4 is 0 Å². The number of hydrogen-bond acceptors (Lipinski definition) is 0. The molecule has 0 aromatic heterocycles. The molecule has 0 fully saturated rings. The molecule has 0 N–H and O–H groups in total. The predicted molar refractivity (Wildman–Crippen MR) is 53.0 cm³/mol. The molecular formula is C10H12BF3. The van der Waals surface area contributed by atoms with Crippen molar-refractivity contribution in [3.63, 3.8) is 0 Å². The van der Waals surface area contributed by atoms with Crippen molar-refractivity contribution in [1.29, 1.82) is 0 Å². The SMILES string of the molecule is BC(C)(C)c1cccc(C(F)(F)F)c1. The summed E-state index contributed by atoms with van der Waals surface area (Å²) in [6.45, 7) is 3.78. The fourth-order valence-corrected chi connectivity index (χ4v) is 1.16. The molecule has 0 unspecified atom stereocenters. The Morgan fingerprint density at radius 3 is 2.00 bits per heavy atom. The van der Waals surface area contributed by atoms with Gasteiger partial charge in [-0.3, -0.25) is 0 Å². The Balaban J connectivity index is 3.15. The molecule has 0 amide bonds. The van der Waals surface area contributed by atoms with Gasteiger partial charge in [-0.25, -0.2) is 0 Å². The third-order valence-electron chi connectivity index (χ3n) is 2.06. The standard InChI is InChI=1S/C10H12BF3/c1-9(2,11)7-4-3-5-8(6-7)10(12,13)14/h3-6H,11H2,1-2H3. The summed E-state index contributed by atoms with van der Waals surface area (Å²) in [5.74, 6) is 0. The van der Waals surface area contributed by atoms with Gasteiger partial charge in [0, 0.05) is 0 Å². The molecule has 1 aromatic rings. The molecule has 0 aliphatic carbocycles. The zero-order valence-electron chi connectivity index (χ0n) is 8.44. The third-order valence-corrected chi connectivity index (χ3v) is 2.06. The van der Waals surface area contributed by atoms with E-state index >= 15 is 0 Å². The lowest BCUT2D eigenvalue weighted by Crippen LogP contribution is -2.17. The highest BCUT2D eigenvalue weighted by molar-refractivity contribution is 6.15. The van der Waals surface area contributed by atoms with Crippen molar-refractivity contribution in [3.8, 4) is 0 Å². The van der Waals surface area contributed by atoms with E-state index in [0.717, 1.165) is 6.07 Å². The number of halogens is 3. The van der Waals surface area contributed by atoms with Crippen LogP contribution in [0, 0.1) is 0 Å². The zero-order valence-corrected chi connectivity index (χ0v) is 8.44. The summed E-state index contributed by atoms with van der Waals surface area (Å²) in [6, 6.07) is 5.47. The molecule has 1 aromatic carbocycles. The molecule has 0 spiro atoms. The maximum Gasteiger partial charge on any atom is 0.416 e. The van der Waals surface area contributed by atoms with E-state index in [1.165, 1.54) is 12.1 Å². The fraction of sp³-hybridized carbons (Fsp3) is 0.400. The maximum absolute atomic E-state index is 12.4. The first-order chi connectivity index (χ1) is 6.21. The first-order valence-corrected chi connectivity index (χ1v) is 4.39. The van der Waals surface area contributed by atoms with Gasteiger partial charge in [0.25, 0.3) is 0 Å². The van der Waals surface area contributed by atoms with Crippen LogP contribution in [0.4, 0.5) is 13.2 Å². The fourth-order valence-electron chi connectivity index (χ4n) is 1.16. The largest absolute Gasteiger partial charge is 0.416 e. The van der Waals surface area contributed by atoms with Crippen LogP contribution >= 0.6 is 0 Å². The van der Waals surface area contributed by atoms with E-state index < -0.39 is 11.7 Å². The topological polar surface area (TPSA) is 0 Å². The minimum absolute atomic E-state index is 0.249. The monoisotopic (exact) mass is 200 g/mol. The van der Waals surface area contributed by atoms with Crippen LogP contribution in [0.1, 0.15) is 25.0 Å². The van der Waals surface area contributed by atoms with E-state index in [2.05, 4.69) is 0 Å². The minimum Gasteiger partial charge on any atom is -0.166 e. The summed E-state index contributed by atoms with van der Waals surface area (Å²) in [6.07, 6.45) is -4.25. The van der Waals surface area contributed by atoms with Gasteiger partial charge < -0.3 is 0 Å². The molecule has 0 saturated carbocycles. The molecule has 0 atom stereocenters. The Hall–Kier alpha value is -0.925. The van der Waals surface area contributed by atoms with E-state index in [4.69, 9.17) is 0 Å². The van der Waals surface area contributed by atoms with Crippen LogP contribution in [0.15, 0.2) is 24.3 Å². The second-order valence-corrected chi connectivity index (χ2v) is 4.33. The lowest BCUT2D eigenvalue weighted by atomic mass is 9.67.